The van der Waals surface area contributed by atoms with Gasteiger partial charge in [-0.3, -0.25) is 4.68 Å². The zero-order chi connectivity index (χ0) is 10.1. The molecular weight excluding hydrogens is 182 g/mol. The van der Waals surface area contributed by atoms with Crippen molar-refractivity contribution in [3.8, 4) is 11.5 Å². The minimum absolute atomic E-state index is 0.126. The zero-order valence-corrected chi connectivity index (χ0v) is 8.06. The Kier molecular flexibility index (Phi) is 2.09. The highest BCUT2D eigenvalue weighted by Gasteiger charge is 2.11. The molecule has 14 heavy (non-hydrogen) atoms. The number of aliphatic hydroxyl groups excluding tert-OH is 1. The number of aryl methyl sites for hydroxylation is 2. The molecule has 2 heterocycles. The Labute approximate surface area is 81.0 Å². The highest BCUT2D eigenvalue weighted by molar-refractivity contribution is 5.50. The van der Waals surface area contributed by atoms with E-state index in [4.69, 9.17) is 9.52 Å². The first-order valence-electron chi connectivity index (χ1n) is 4.27. The second-order valence-electron chi connectivity index (χ2n) is 3.09. The summed E-state index contributed by atoms with van der Waals surface area (Å²) in [5, 5.41) is 12.9. The summed E-state index contributed by atoms with van der Waals surface area (Å²) >= 11 is 0. The monoisotopic (exact) mass is 193 g/mol. The van der Waals surface area contributed by atoms with E-state index in [0.717, 1.165) is 5.56 Å². The van der Waals surface area contributed by atoms with Crippen LogP contribution in [0, 0.1) is 6.92 Å². The Hall–Kier alpha value is -1.62. The van der Waals surface area contributed by atoms with Crippen LogP contribution >= 0.6 is 0 Å². The van der Waals surface area contributed by atoms with E-state index in [9.17, 15) is 0 Å². The van der Waals surface area contributed by atoms with E-state index in [1.807, 2.05) is 13.2 Å². The third kappa shape index (κ3) is 1.42. The molecule has 0 amide bonds. The Bertz CT molecular complexity index is 445. The molecule has 0 spiro atoms. The van der Waals surface area contributed by atoms with Gasteiger partial charge >= 0.3 is 0 Å². The summed E-state index contributed by atoms with van der Waals surface area (Å²) in [4.78, 5) is 4.19. The average molecular weight is 193 g/mol. The normalized spacial score (nSPS) is 10.8. The van der Waals surface area contributed by atoms with Crippen LogP contribution in [0.3, 0.4) is 0 Å². The summed E-state index contributed by atoms with van der Waals surface area (Å²) in [6, 6.07) is 0. The summed E-state index contributed by atoms with van der Waals surface area (Å²) in [7, 11) is 1.83. The molecule has 5 nitrogen and oxygen atoms in total. The van der Waals surface area contributed by atoms with Crippen molar-refractivity contribution in [2.75, 3.05) is 0 Å². The fourth-order valence-electron chi connectivity index (χ4n) is 1.23. The number of nitrogens with zero attached hydrogens (tertiary/aromatic N) is 3. The van der Waals surface area contributed by atoms with Gasteiger partial charge in [0.25, 0.3) is 0 Å². The Morgan fingerprint density at radius 3 is 2.86 bits per heavy atom. The molecule has 0 aliphatic heterocycles. The summed E-state index contributed by atoms with van der Waals surface area (Å²) in [6.45, 7) is 1.67. The van der Waals surface area contributed by atoms with Gasteiger partial charge in [-0.1, -0.05) is 0 Å². The molecule has 5 heteroatoms. The molecule has 74 valence electrons. The molecule has 0 aromatic carbocycles. The molecule has 0 radical (unpaired) electrons. The van der Waals surface area contributed by atoms with Crippen LogP contribution in [0.15, 0.2) is 16.8 Å². The number of aromatic nitrogens is 3. The van der Waals surface area contributed by atoms with Crippen molar-refractivity contribution in [3.63, 3.8) is 0 Å². The third-order valence-electron chi connectivity index (χ3n) is 1.99. The summed E-state index contributed by atoms with van der Waals surface area (Å²) < 4.78 is 7.02. The van der Waals surface area contributed by atoms with E-state index in [0.29, 0.717) is 17.3 Å². The molecular formula is C9H11N3O2. The number of aliphatic hydroxyl groups is 1. The third-order valence-corrected chi connectivity index (χ3v) is 1.99. The van der Waals surface area contributed by atoms with Crippen LogP contribution in [0.2, 0.25) is 0 Å². The number of hydrogen-bond acceptors (Lipinski definition) is 4. The largest absolute Gasteiger partial charge is 0.438 e. The number of oxazole rings is 1. The predicted octanol–water partition coefficient (Wildman–Crippen LogP) is 0.876. The van der Waals surface area contributed by atoms with Crippen LogP contribution in [0.1, 0.15) is 11.5 Å². The molecule has 0 unspecified atom stereocenters. The Balaban J connectivity index is 2.42. The van der Waals surface area contributed by atoms with E-state index < -0.39 is 0 Å². The zero-order valence-electron chi connectivity index (χ0n) is 8.06. The Morgan fingerprint density at radius 1 is 1.57 bits per heavy atom. The van der Waals surface area contributed by atoms with Crippen LogP contribution in [0.4, 0.5) is 0 Å². The maximum absolute atomic E-state index is 8.93. The highest BCUT2D eigenvalue weighted by Crippen LogP contribution is 2.20. The molecule has 0 atom stereocenters. The average Bonchev–Trinajstić information content (AvgIpc) is 2.71. The highest BCUT2D eigenvalue weighted by atomic mass is 16.4. The van der Waals surface area contributed by atoms with E-state index in [1.54, 1.807) is 17.8 Å². The lowest BCUT2D eigenvalue weighted by Gasteiger charge is -1.87. The van der Waals surface area contributed by atoms with Crippen molar-refractivity contribution < 1.29 is 9.52 Å². The summed E-state index contributed by atoms with van der Waals surface area (Å²) in [5.74, 6) is 1.00. The first-order valence-corrected chi connectivity index (χ1v) is 4.27. The van der Waals surface area contributed by atoms with Crippen molar-refractivity contribution >= 4 is 0 Å². The number of hydrogen-bond donors (Lipinski definition) is 1. The smallest absolute Gasteiger partial charge is 0.229 e. The van der Waals surface area contributed by atoms with E-state index in [-0.39, 0.29) is 6.61 Å². The van der Waals surface area contributed by atoms with Gasteiger partial charge in [0.1, 0.15) is 6.61 Å². The lowest BCUT2D eigenvalue weighted by Crippen LogP contribution is -1.84. The van der Waals surface area contributed by atoms with Crippen molar-refractivity contribution in [1.82, 2.24) is 14.8 Å². The van der Waals surface area contributed by atoms with Crippen molar-refractivity contribution in [2.45, 2.75) is 13.5 Å². The van der Waals surface area contributed by atoms with Crippen molar-refractivity contribution in [1.29, 1.82) is 0 Å². The summed E-state index contributed by atoms with van der Waals surface area (Å²) in [5.41, 5.74) is 1.53. The first kappa shape index (κ1) is 8.96. The maximum atomic E-state index is 8.93. The van der Waals surface area contributed by atoms with Gasteiger partial charge < -0.3 is 9.52 Å². The SMILES string of the molecule is Cc1nc(-c2cnn(C)c2)oc1CO. The maximum Gasteiger partial charge on any atom is 0.229 e. The van der Waals surface area contributed by atoms with Crippen LogP contribution in [0.5, 0.6) is 0 Å². The number of rotatable bonds is 2. The van der Waals surface area contributed by atoms with E-state index in [2.05, 4.69) is 10.1 Å². The van der Waals surface area contributed by atoms with Crippen molar-refractivity contribution in [2.24, 2.45) is 7.05 Å². The minimum atomic E-state index is -0.126. The van der Waals surface area contributed by atoms with Gasteiger partial charge in [-0.15, -0.1) is 0 Å². The standard InChI is InChI=1S/C9H11N3O2/c1-6-8(5-13)14-9(11-6)7-3-10-12(2)4-7/h3-4,13H,5H2,1-2H3. The van der Waals surface area contributed by atoms with Gasteiger partial charge in [0.05, 0.1) is 17.5 Å². The van der Waals surface area contributed by atoms with Gasteiger partial charge in [0, 0.05) is 13.2 Å². The van der Waals surface area contributed by atoms with Crippen molar-refractivity contribution in [3.05, 3.63) is 23.8 Å². The first-order chi connectivity index (χ1) is 6.70. The minimum Gasteiger partial charge on any atom is -0.438 e. The molecule has 0 fully saturated rings. The fourth-order valence-corrected chi connectivity index (χ4v) is 1.23. The molecule has 0 aliphatic rings. The van der Waals surface area contributed by atoms with Gasteiger partial charge in [-0.2, -0.15) is 5.10 Å². The molecule has 2 aromatic heterocycles. The van der Waals surface area contributed by atoms with Crippen LogP contribution in [-0.4, -0.2) is 19.9 Å². The fraction of sp³-hybridized carbons (Fsp3) is 0.333. The van der Waals surface area contributed by atoms with Gasteiger partial charge in [-0.05, 0) is 6.92 Å². The molecule has 0 bridgehead atoms. The molecule has 0 saturated carbocycles. The molecule has 2 aromatic rings. The molecule has 1 N–H and O–H groups in total. The van der Waals surface area contributed by atoms with Gasteiger partial charge in [-0.25, -0.2) is 4.98 Å². The molecule has 0 aliphatic carbocycles. The van der Waals surface area contributed by atoms with Gasteiger partial charge in [0.15, 0.2) is 5.76 Å². The van der Waals surface area contributed by atoms with Crippen LogP contribution < -0.4 is 0 Å². The lowest BCUT2D eigenvalue weighted by atomic mass is 10.4. The van der Waals surface area contributed by atoms with E-state index in [1.165, 1.54) is 0 Å². The second-order valence-corrected chi connectivity index (χ2v) is 3.09. The topological polar surface area (TPSA) is 64.1 Å². The Morgan fingerprint density at radius 2 is 2.36 bits per heavy atom. The van der Waals surface area contributed by atoms with Crippen LogP contribution in [-0.2, 0) is 13.7 Å². The van der Waals surface area contributed by atoms with Crippen LogP contribution in [0.25, 0.3) is 11.5 Å². The second kappa shape index (κ2) is 3.26. The van der Waals surface area contributed by atoms with Gasteiger partial charge in [0.2, 0.25) is 5.89 Å². The molecule has 0 saturated heterocycles. The van der Waals surface area contributed by atoms with E-state index >= 15 is 0 Å². The quantitative estimate of drug-likeness (QED) is 0.768. The summed E-state index contributed by atoms with van der Waals surface area (Å²) in [6.07, 6.45) is 3.48. The predicted molar refractivity (Wildman–Crippen MR) is 49.4 cm³/mol. The molecule has 2 rings (SSSR count). The lowest BCUT2D eigenvalue weighted by molar-refractivity contribution is 0.247.